The van der Waals surface area contributed by atoms with E-state index in [2.05, 4.69) is 16.0 Å². The molecule has 0 fully saturated rings. The van der Waals surface area contributed by atoms with Gasteiger partial charge in [-0.2, -0.15) is 0 Å². The van der Waals surface area contributed by atoms with Crippen LogP contribution in [-0.4, -0.2) is 62.1 Å². The van der Waals surface area contributed by atoms with Crippen LogP contribution in [0.2, 0.25) is 0 Å². The molecule has 2 aromatic carbocycles. The number of halogens is 2. The van der Waals surface area contributed by atoms with Gasteiger partial charge in [-0.05, 0) is 50.6 Å². The first-order valence-electron chi connectivity index (χ1n) is 11.3. The van der Waals surface area contributed by atoms with Gasteiger partial charge in [0.15, 0.2) is 0 Å². The maximum absolute atomic E-state index is 14.3. The van der Waals surface area contributed by atoms with E-state index in [-0.39, 0.29) is 18.5 Å². The monoisotopic (exact) mass is 474 g/mol. The number of para-hydroxylation sites is 1. The highest BCUT2D eigenvalue weighted by atomic mass is 19.1. The van der Waals surface area contributed by atoms with Crippen LogP contribution < -0.4 is 16.0 Å². The molecule has 1 aliphatic heterocycles. The Balaban J connectivity index is 1.95. The van der Waals surface area contributed by atoms with Gasteiger partial charge in [0.25, 0.3) is 5.91 Å². The lowest BCUT2D eigenvalue weighted by molar-refractivity contribution is -0.144. The first kappa shape index (κ1) is 25.7. The van der Waals surface area contributed by atoms with Gasteiger partial charge in [-0.1, -0.05) is 30.3 Å². The number of fused-ring (bicyclic) bond motifs is 1. The fourth-order valence-electron chi connectivity index (χ4n) is 4.07. The lowest BCUT2D eigenvalue weighted by atomic mass is 9.91. The van der Waals surface area contributed by atoms with Crippen LogP contribution in [0.25, 0.3) is 0 Å². The molecule has 184 valence electrons. The quantitative estimate of drug-likeness (QED) is 0.521. The molecule has 9 heteroatoms. The molecule has 1 heterocycles. The number of amides is 2. The zero-order valence-corrected chi connectivity index (χ0v) is 19.9. The van der Waals surface area contributed by atoms with Crippen molar-refractivity contribution in [3.05, 3.63) is 65.2 Å². The summed E-state index contributed by atoms with van der Waals surface area (Å²) in [7, 11) is 3.34. The average Bonchev–Trinajstić information content (AvgIpc) is 2.84. The predicted molar refractivity (Wildman–Crippen MR) is 126 cm³/mol. The molecule has 1 aliphatic rings. The maximum atomic E-state index is 14.3. The number of nitrogens with zero attached hydrogens (tertiary/aromatic N) is 1. The van der Waals surface area contributed by atoms with Crippen molar-refractivity contribution in [2.75, 3.05) is 32.6 Å². The van der Waals surface area contributed by atoms with Crippen LogP contribution in [0.4, 0.5) is 14.5 Å². The Morgan fingerprint density at radius 1 is 1.12 bits per heavy atom. The highest BCUT2D eigenvalue weighted by molar-refractivity contribution is 5.99. The molecule has 0 spiro atoms. The molecule has 2 aromatic rings. The minimum absolute atomic E-state index is 0.101. The summed E-state index contributed by atoms with van der Waals surface area (Å²) in [6.45, 7) is 4.54. The van der Waals surface area contributed by atoms with Crippen molar-refractivity contribution in [1.29, 1.82) is 0 Å². The van der Waals surface area contributed by atoms with Gasteiger partial charge in [0.05, 0.1) is 6.10 Å². The molecule has 2 amide bonds. The molecule has 4 atom stereocenters. The van der Waals surface area contributed by atoms with Crippen molar-refractivity contribution in [2.24, 2.45) is 0 Å². The van der Waals surface area contributed by atoms with Crippen molar-refractivity contribution >= 4 is 17.5 Å². The molecule has 0 unspecified atom stereocenters. The van der Waals surface area contributed by atoms with E-state index in [1.54, 1.807) is 19.1 Å². The second-order valence-electron chi connectivity index (χ2n) is 8.49. The van der Waals surface area contributed by atoms with E-state index in [1.165, 1.54) is 18.1 Å². The van der Waals surface area contributed by atoms with Crippen LogP contribution in [0.15, 0.2) is 42.5 Å². The highest BCUT2D eigenvalue weighted by Crippen LogP contribution is 2.32. The lowest BCUT2D eigenvalue weighted by Crippen LogP contribution is -2.57. The Kier molecular flexibility index (Phi) is 8.71. The fourth-order valence-corrected chi connectivity index (χ4v) is 4.07. The molecule has 0 saturated heterocycles. The summed E-state index contributed by atoms with van der Waals surface area (Å²) in [6.07, 6.45) is 0.0854. The third-order valence-corrected chi connectivity index (χ3v) is 6.27. The second-order valence-corrected chi connectivity index (χ2v) is 8.49. The number of methoxy groups -OCH3 is 1. The number of rotatable bonds is 9. The van der Waals surface area contributed by atoms with E-state index in [9.17, 15) is 18.4 Å². The number of nitrogens with one attached hydrogen (secondary N) is 3. The molecular weight excluding hydrogens is 442 g/mol. The van der Waals surface area contributed by atoms with E-state index in [0.717, 1.165) is 17.7 Å². The van der Waals surface area contributed by atoms with E-state index in [4.69, 9.17) is 4.74 Å². The largest absolute Gasteiger partial charge is 0.380 e. The standard InChI is InChI=1S/C25H32F2N4O3/c1-15(28-3)14-29-21(16(2)34-4)25(33)31-13-12-17-8-5-6-9-18(17)23(31)24(32)30-22-19(26)10-7-11-20(22)27/h5-11,15-16,21,23,28-29H,12-14H2,1-4H3,(H,30,32)/t15-,16+,21-,23-/m0/s1. The van der Waals surface area contributed by atoms with Crippen LogP contribution in [0.1, 0.15) is 31.0 Å². The number of ether oxygens (including phenoxy) is 1. The van der Waals surface area contributed by atoms with Crippen LogP contribution in [-0.2, 0) is 20.7 Å². The summed E-state index contributed by atoms with van der Waals surface area (Å²) in [4.78, 5) is 28.6. The van der Waals surface area contributed by atoms with Gasteiger partial charge in [-0.3, -0.25) is 9.59 Å². The van der Waals surface area contributed by atoms with E-state index < -0.39 is 41.4 Å². The van der Waals surface area contributed by atoms with Crippen LogP contribution in [0, 0.1) is 11.6 Å². The number of hydrogen-bond acceptors (Lipinski definition) is 5. The molecule has 0 saturated carbocycles. The Morgan fingerprint density at radius 3 is 2.44 bits per heavy atom. The topological polar surface area (TPSA) is 82.7 Å². The molecule has 0 aromatic heterocycles. The molecule has 0 bridgehead atoms. The van der Waals surface area contributed by atoms with E-state index in [0.29, 0.717) is 18.5 Å². The number of benzene rings is 2. The summed E-state index contributed by atoms with van der Waals surface area (Å²) in [5.41, 5.74) is 1.00. The number of likely N-dealkylation sites (N-methyl/N-ethyl adjacent to an activating group) is 1. The predicted octanol–water partition coefficient (Wildman–Crippen LogP) is 2.63. The maximum Gasteiger partial charge on any atom is 0.251 e. The first-order valence-corrected chi connectivity index (χ1v) is 11.3. The Hall–Kier alpha value is -2.88. The average molecular weight is 475 g/mol. The fraction of sp³-hybridized carbons (Fsp3) is 0.440. The van der Waals surface area contributed by atoms with Gasteiger partial charge in [0.1, 0.15) is 29.4 Å². The Labute approximate surface area is 198 Å². The van der Waals surface area contributed by atoms with Gasteiger partial charge < -0.3 is 25.6 Å². The van der Waals surface area contributed by atoms with E-state index in [1.807, 2.05) is 26.1 Å². The minimum Gasteiger partial charge on any atom is -0.380 e. The number of hydrogen-bond donors (Lipinski definition) is 3. The SMILES string of the molecule is CN[C@@H](C)CN[C@H](C(=O)N1CCc2ccccc2[C@H]1C(=O)Nc1c(F)cccc1F)[C@@H](C)OC. The summed E-state index contributed by atoms with van der Waals surface area (Å²) in [5.74, 6) is -2.77. The second kappa shape index (κ2) is 11.5. The molecule has 3 rings (SSSR count). The molecule has 3 N–H and O–H groups in total. The van der Waals surface area contributed by atoms with Gasteiger partial charge in [0, 0.05) is 26.2 Å². The van der Waals surface area contributed by atoms with Crippen LogP contribution in [0.3, 0.4) is 0 Å². The molecule has 0 radical (unpaired) electrons. The normalized spacial score (nSPS) is 18.1. The number of carbonyl (C=O) groups is 2. The Bertz CT molecular complexity index is 999. The summed E-state index contributed by atoms with van der Waals surface area (Å²) in [5, 5.41) is 8.72. The summed E-state index contributed by atoms with van der Waals surface area (Å²) >= 11 is 0. The van der Waals surface area contributed by atoms with Gasteiger partial charge in [-0.15, -0.1) is 0 Å². The van der Waals surface area contributed by atoms with Crippen molar-refractivity contribution in [2.45, 2.75) is 44.5 Å². The van der Waals surface area contributed by atoms with E-state index >= 15 is 0 Å². The third kappa shape index (κ3) is 5.60. The third-order valence-electron chi connectivity index (χ3n) is 6.27. The highest BCUT2D eigenvalue weighted by Gasteiger charge is 2.40. The number of anilines is 1. The van der Waals surface area contributed by atoms with Crippen LogP contribution >= 0.6 is 0 Å². The lowest BCUT2D eigenvalue weighted by Gasteiger charge is -2.39. The van der Waals surface area contributed by atoms with Crippen molar-refractivity contribution in [3.63, 3.8) is 0 Å². The molecule has 0 aliphatic carbocycles. The van der Waals surface area contributed by atoms with Crippen molar-refractivity contribution < 1.29 is 23.1 Å². The molecule has 34 heavy (non-hydrogen) atoms. The first-order chi connectivity index (χ1) is 16.3. The summed E-state index contributed by atoms with van der Waals surface area (Å²) in [6, 6.07) is 8.99. The van der Waals surface area contributed by atoms with Gasteiger partial charge in [-0.25, -0.2) is 8.78 Å². The molecular formula is C25H32F2N4O3. The Morgan fingerprint density at radius 2 is 1.79 bits per heavy atom. The smallest absolute Gasteiger partial charge is 0.251 e. The van der Waals surface area contributed by atoms with Gasteiger partial charge >= 0.3 is 0 Å². The minimum atomic E-state index is -1.05. The van der Waals surface area contributed by atoms with Gasteiger partial charge in [0.2, 0.25) is 5.91 Å². The zero-order chi connectivity index (χ0) is 24.8. The summed E-state index contributed by atoms with van der Waals surface area (Å²) < 4.78 is 34.0. The number of carbonyl (C=O) groups excluding carboxylic acids is 2. The van der Waals surface area contributed by atoms with Crippen LogP contribution in [0.5, 0.6) is 0 Å². The van der Waals surface area contributed by atoms with Crippen molar-refractivity contribution in [1.82, 2.24) is 15.5 Å². The van der Waals surface area contributed by atoms with Crippen molar-refractivity contribution in [3.8, 4) is 0 Å². The zero-order valence-electron chi connectivity index (χ0n) is 19.9. The molecule has 7 nitrogen and oxygen atoms in total.